The molecule has 0 bridgehead atoms. The Hall–Kier alpha value is -2.87. The lowest BCUT2D eigenvalue weighted by Gasteiger charge is -2.16. The summed E-state index contributed by atoms with van der Waals surface area (Å²) in [6, 6.07) is 11.3. The highest BCUT2D eigenvalue weighted by molar-refractivity contribution is 7.94. The molecule has 0 spiro atoms. The molecule has 0 aliphatic carbocycles. The van der Waals surface area contributed by atoms with E-state index in [2.05, 4.69) is 5.32 Å². The summed E-state index contributed by atoms with van der Waals surface area (Å²) in [5.41, 5.74) is 2.07. The molecule has 27 heavy (non-hydrogen) atoms. The molecule has 2 aromatic carbocycles. The van der Waals surface area contributed by atoms with Crippen molar-refractivity contribution >= 4 is 33.2 Å². The molecule has 2 amide bonds. The molecule has 1 saturated heterocycles. The summed E-state index contributed by atoms with van der Waals surface area (Å²) in [6.07, 6.45) is 0. The Balaban J connectivity index is 1.83. The van der Waals surface area contributed by atoms with E-state index < -0.39 is 21.8 Å². The molecular weight excluding hydrogens is 368 g/mol. The van der Waals surface area contributed by atoms with Crippen molar-refractivity contribution < 1.29 is 22.7 Å². The number of aryl methyl sites for hydroxylation is 1. The molecule has 2 aromatic rings. The van der Waals surface area contributed by atoms with E-state index in [1.54, 1.807) is 19.1 Å². The number of ether oxygens (including phenoxy) is 1. The van der Waals surface area contributed by atoms with Crippen LogP contribution in [0.1, 0.15) is 22.8 Å². The number of methoxy groups -OCH3 is 1. The van der Waals surface area contributed by atoms with Gasteiger partial charge in [-0.1, -0.05) is 13.0 Å². The standard InChI is InChI=1S/C19H20N2O5S/c1-12-4-9-17(26-3)16(10-12)20-18(22)14-5-7-15(8-6-14)21-19(23)13(2)11-27(21,24)25/h4-10,13H,11H2,1-3H3,(H,20,22)/t13-/m1/s1. The van der Waals surface area contributed by atoms with Crippen LogP contribution in [-0.4, -0.2) is 33.1 Å². The van der Waals surface area contributed by atoms with Crippen LogP contribution in [0.2, 0.25) is 0 Å². The van der Waals surface area contributed by atoms with E-state index in [1.165, 1.54) is 31.4 Å². The van der Waals surface area contributed by atoms with E-state index in [1.807, 2.05) is 13.0 Å². The first kappa shape index (κ1) is 18.9. The van der Waals surface area contributed by atoms with Crippen LogP contribution in [0.25, 0.3) is 0 Å². The molecule has 1 heterocycles. The molecule has 0 unspecified atom stereocenters. The highest BCUT2D eigenvalue weighted by Crippen LogP contribution is 2.29. The average Bonchev–Trinajstić information content (AvgIpc) is 2.82. The molecule has 142 valence electrons. The molecule has 1 N–H and O–H groups in total. The minimum Gasteiger partial charge on any atom is -0.495 e. The van der Waals surface area contributed by atoms with Gasteiger partial charge in [-0.2, -0.15) is 0 Å². The van der Waals surface area contributed by atoms with Gasteiger partial charge in [0.1, 0.15) is 5.75 Å². The maximum Gasteiger partial charge on any atom is 0.255 e. The number of rotatable bonds is 4. The Morgan fingerprint density at radius 3 is 2.41 bits per heavy atom. The van der Waals surface area contributed by atoms with E-state index in [0.717, 1.165) is 9.87 Å². The van der Waals surface area contributed by atoms with Crippen LogP contribution in [0.5, 0.6) is 5.75 Å². The first-order chi connectivity index (χ1) is 12.7. The van der Waals surface area contributed by atoms with Crippen molar-refractivity contribution in [3.05, 3.63) is 53.6 Å². The quantitative estimate of drug-likeness (QED) is 0.869. The molecule has 1 aliphatic heterocycles. The molecule has 1 fully saturated rings. The third-order valence-electron chi connectivity index (χ3n) is 4.33. The Kier molecular flexibility index (Phi) is 4.93. The molecule has 1 aliphatic rings. The molecule has 0 saturated carbocycles. The summed E-state index contributed by atoms with van der Waals surface area (Å²) in [5, 5.41) is 2.78. The van der Waals surface area contributed by atoms with Crippen molar-refractivity contribution in [3.8, 4) is 5.75 Å². The van der Waals surface area contributed by atoms with Gasteiger partial charge in [-0.25, -0.2) is 12.7 Å². The number of nitrogens with one attached hydrogen (secondary N) is 1. The largest absolute Gasteiger partial charge is 0.495 e. The lowest BCUT2D eigenvalue weighted by molar-refractivity contribution is -0.119. The van der Waals surface area contributed by atoms with Crippen molar-refractivity contribution in [3.63, 3.8) is 0 Å². The fraction of sp³-hybridized carbons (Fsp3) is 0.263. The summed E-state index contributed by atoms with van der Waals surface area (Å²) in [6.45, 7) is 3.48. The number of hydrogen-bond acceptors (Lipinski definition) is 5. The summed E-state index contributed by atoms with van der Waals surface area (Å²) in [5.74, 6) is -1.08. The highest BCUT2D eigenvalue weighted by atomic mass is 32.2. The predicted molar refractivity (Wildman–Crippen MR) is 103 cm³/mol. The van der Waals surface area contributed by atoms with E-state index in [4.69, 9.17) is 4.74 Å². The molecule has 3 rings (SSSR count). The first-order valence-electron chi connectivity index (χ1n) is 8.36. The number of nitrogens with zero attached hydrogens (tertiary/aromatic N) is 1. The number of anilines is 2. The van der Waals surface area contributed by atoms with Gasteiger partial charge in [-0.15, -0.1) is 0 Å². The zero-order valence-electron chi connectivity index (χ0n) is 15.2. The average molecular weight is 388 g/mol. The lowest BCUT2D eigenvalue weighted by Crippen LogP contribution is -2.30. The number of carbonyl (C=O) groups excluding carboxylic acids is 2. The number of carbonyl (C=O) groups is 2. The summed E-state index contributed by atoms with van der Waals surface area (Å²) < 4.78 is 30.4. The van der Waals surface area contributed by atoms with Gasteiger partial charge in [-0.3, -0.25) is 9.59 Å². The van der Waals surface area contributed by atoms with Crippen molar-refractivity contribution in [1.82, 2.24) is 0 Å². The van der Waals surface area contributed by atoms with Gasteiger partial charge >= 0.3 is 0 Å². The first-order valence-corrected chi connectivity index (χ1v) is 9.97. The Bertz CT molecular complexity index is 999. The van der Waals surface area contributed by atoms with E-state index >= 15 is 0 Å². The maximum absolute atomic E-state index is 12.5. The molecular formula is C19H20N2O5S. The summed E-state index contributed by atoms with van der Waals surface area (Å²) >= 11 is 0. The van der Waals surface area contributed by atoms with E-state index in [-0.39, 0.29) is 17.3 Å². The van der Waals surface area contributed by atoms with Crippen LogP contribution in [0, 0.1) is 12.8 Å². The second-order valence-electron chi connectivity index (χ2n) is 6.49. The second kappa shape index (κ2) is 7.03. The van der Waals surface area contributed by atoms with Crippen LogP contribution in [0.15, 0.2) is 42.5 Å². The molecule has 0 radical (unpaired) electrons. The summed E-state index contributed by atoms with van der Waals surface area (Å²) in [4.78, 5) is 24.6. The molecule has 8 heteroatoms. The van der Waals surface area contributed by atoms with Gasteiger partial charge < -0.3 is 10.1 Å². The monoisotopic (exact) mass is 388 g/mol. The van der Waals surface area contributed by atoms with Crippen molar-refractivity contribution in [2.24, 2.45) is 5.92 Å². The van der Waals surface area contributed by atoms with Gasteiger partial charge in [0, 0.05) is 5.56 Å². The number of sulfonamides is 1. The van der Waals surface area contributed by atoms with E-state index in [0.29, 0.717) is 17.0 Å². The van der Waals surface area contributed by atoms with Gasteiger partial charge in [-0.05, 0) is 48.9 Å². The van der Waals surface area contributed by atoms with E-state index in [9.17, 15) is 18.0 Å². The van der Waals surface area contributed by atoms with Crippen molar-refractivity contribution in [1.29, 1.82) is 0 Å². The highest BCUT2D eigenvalue weighted by Gasteiger charge is 2.41. The second-order valence-corrected chi connectivity index (χ2v) is 8.35. The lowest BCUT2D eigenvalue weighted by atomic mass is 10.1. The minimum absolute atomic E-state index is 0.207. The van der Waals surface area contributed by atoms with Crippen molar-refractivity contribution in [2.45, 2.75) is 13.8 Å². The van der Waals surface area contributed by atoms with Crippen molar-refractivity contribution in [2.75, 3.05) is 22.5 Å². The van der Waals surface area contributed by atoms with Gasteiger partial charge in [0.15, 0.2) is 0 Å². The topological polar surface area (TPSA) is 92.8 Å². The van der Waals surface area contributed by atoms with Gasteiger partial charge in [0.2, 0.25) is 15.9 Å². The van der Waals surface area contributed by atoms with Crippen LogP contribution < -0.4 is 14.4 Å². The maximum atomic E-state index is 12.5. The van der Waals surface area contributed by atoms with Crippen LogP contribution in [0.3, 0.4) is 0 Å². The summed E-state index contributed by atoms with van der Waals surface area (Å²) in [7, 11) is -2.15. The number of benzene rings is 2. The normalized spacial score (nSPS) is 18.4. The molecule has 1 atom stereocenters. The van der Waals surface area contributed by atoms with Crippen LogP contribution >= 0.6 is 0 Å². The zero-order chi connectivity index (χ0) is 19.8. The Morgan fingerprint density at radius 2 is 1.85 bits per heavy atom. The third-order valence-corrected chi connectivity index (χ3v) is 6.20. The Morgan fingerprint density at radius 1 is 1.19 bits per heavy atom. The number of hydrogen-bond donors (Lipinski definition) is 1. The fourth-order valence-corrected chi connectivity index (χ4v) is 4.77. The predicted octanol–water partition coefficient (Wildman–Crippen LogP) is 2.57. The minimum atomic E-state index is -3.67. The molecule has 0 aromatic heterocycles. The zero-order valence-corrected chi connectivity index (χ0v) is 16.0. The van der Waals surface area contributed by atoms with Gasteiger partial charge in [0.25, 0.3) is 5.91 Å². The molecule has 7 nitrogen and oxygen atoms in total. The van der Waals surface area contributed by atoms with Crippen LogP contribution in [0.4, 0.5) is 11.4 Å². The fourth-order valence-electron chi connectivity index (χ4n) is 2.95. The SMILES string of the molecule is COc1ccc(C)cc1NC(=O)c1ccc(N2C(=O)[C@H](C)CS2(=O)=O)cc1. The third kappa shape index (κ3) is 3.66. The number of amides is 2. The van der Waals surface area contributed by atoms with Crippen LogP contribution in [-0.2, 0) is 14.8 Å². The Labute approximate surface area is 158 Å². The van der Waals surface area contributed by atoms with Gasteiger partial charge in [0.05, 0.1) is 30.2 Å². The smallest absolute Gasteiger partial charge is 0.255 e.